The third kappa shape index (κ3) is 3.11. The molecule has 1 aromatic carbocycles. The van der Waals surface area contributed by atoms with E-state index in [2.05, 4.69) is 27.9 Å². The van der Waals surface area contributed by atoms with Crippen molar-refractivity contribution in [3.8, 4) is 0 Å². The third-order valence-corrected chi connectivity index (χ3v) is 4.87. The molecule has 0 spiro atoms. The van der Waals surface area contributed by atoms with E-state index in [1.807, 2.05) is 6.07 Å². The van der Waals surface area contributed by atoms with E-state index < -0.39 is 17.5 Å². The summed E-state index contributed by atoms with van der Waals surface area (Å²) in [5.74, 6) is -0.952. The van der Waals surface area contributed by atoms with Gasteiger partial charge in [-0.15, -0.1) is 0 Å². The summed E-state index contributed by atoms with van der Waals surface area (Å²) in [6, 6.07) is 4.87. The molecule has 1 unspecified atom stereocenters. The zero-order valence-electron chi connectivity index (χ0n) is 11.5. The van der Waals surface area contributed by atoms with Crippen LogP contribution in [-0.2, 0) is 4.79 Å². The van der Waals surface area contributed by atoms with E-state index in [-0.39, 0.29) is 0 Å². The second-order valence-corrected chi connectivity index (χ2v) is 6.65. The minimum absolute atomic E-state index is 0.385. The van der Waals surface area contributed by atoms with Crippen molar-refractivity contribution >= 4 is 51.9 Å². The van der Waals surface area contributed by atoms with E-state index in [1.54, 1.807) is 19.1 Å². The fraction of sp³-hybridized carbons (Fsp3) is 0.429. The highest BCUT2D eigenvalue weighted by Gasteiger charge is 2.48. The second-order valence-electron chi connectivity index (χ2n) is 5.00. The first-order valence-corrected chi connectivity index (χ1v) is 8.13. The van der Waals surface area contributed by atoms with E-state index in [9.17, 15) is 14.7 Å². The van der Waals surface area contributed by atoms with Gasteiger partial charge in [-0.3, -0.25) is 0 Å². The monoisotopic (exact) mass is 422 g/mol. The van der Waals surface area contributed by atoms with Crippen LogP contribution in [0.2, 0.25) is 5.02 Å². The van der Waals surface area contributed by atoms with Crippen molar-refractivity contribution in [1.29, 1.82) is 0 Å². The van der Waals surface area contributed by atoms with Gasteiger partial charge in [0, 0.05) is 10.1 Å². The van der Waals surface area contributed by atoms with Crippen LogP contribution >= 0.6 is 34.2 Å². The number of carbonyl (C=O) groups is 2. The molecule has 1 aliphatic heterocycles. The van der Waals surface area contributed by atoms with E-state index >= 15 is 0 Å². The van der Waals surface area contributed by atoms with E-state index in [0.29, 0.717) is 36.5 Å². The number of carbonyl (C=O) groups excluding carboxylic acids is 1. The summed E-state index contributed by atoms with van der Waals surface area (Å²) in [4.78, 5) is 25.4. The Labute approximate surface area is 141 Å². The molecular formula is C14H16ClIN2O3. The fourth-order valence-corrected chi connectivity index (χ4v) is 3.59. The number of nitrogens with one attached hydrogen (secondary N) is 1. The molecule has 2 rings (SSSR count). The summed E-state index contributed by atoms with van der Waals surface area (Å²) >= 11 is 8.22. The lowest BCUT2D eigenvalue weighted by molar-refractivity contribution is -0.148. The van der Waals surface area contributed by atoms with Gasteiger partial charge in [-0.05, 0) is 60.1 Å². The van der Waals surface area contributed by atoms with Crippen LogP contribution < -0.4 is 5.32 Å². The van der Waals surface area contributed by atoms with Crippen LogP contribution in [-0.4, -0.2) is 34.1 Å². The minimum Gasteiger partial charge on any atom is -0.479 e. The number of rotatable bonds is 3. The zero-order chi connectivity index (χ0) is 15.6. The van der Waals surface area contributed by atoms with Crippen LogP contribution in [0.15, 0.2) is 18.2 Å². The molecule has 0 aliphatic carbocycles. The molecule has 1 aliphatic rings. The molecule has 1 atom stereocenters. The molecule has 0 bridgehead atoms. The number of hydrogen-bond donors (Lipinski definition) is 2. The van der Waals surface area contributed by atoms with Gasteiger partial charge >= 0.3 is 12.0 Å². The SMILES string of the molecule is CCC1(C(=O)O)CCCN1C(=O)Nc1ccc(I)cc1Cl. The van der Waals surface area contributed by atoms with Crippen LogP contribution in [0.1, 0.15) is 26.2 Å². The van der Waals surface area contributed by atoms with Crippen LogP contribution in [0.3, 0.4) is 0 Å². The summed E-state index contributed by atoms with van der Waals surface area (Å²) in [7, 11) is 0. The zero-order valence-corrected chi connectivity index (χ0v) is 14.4. The lowest BCUT2D eigenvalue weighted by Crippen LogP contribution is -2.54. The number of likely N-dealkylation sites (tertiary alicyclic amines) is 1. The highest BCUT2D eigenvalue weighted by atomic mass is 127. The van der Waals surface area contributed by atoms with Gasteiger partial charge < -0.3 is 15.3 Å². The first-order valence-electron chi connectivity index (χ1n) is 6.68. The number of anilines is 1. The predicted molar refractivity (Wildman–Crippen MR) is 89.8 cm³/mol. The Hall–Kier alpha value is -1.02. The second kappa shape index (κ2) is 6.39. The van der Waals surface area contributed by atoms with Gasteiger partial charge in [-0.2, -0.15) is 0 Å². The first kappa shape index (κ1) is 16.4. The van der Waals surface area contributed by atoms with Gasteiger partial charge in [0.1, 0.15) is 5.54 Å². The Morgan fingerprint density at radius 1 is 1.52 bits per heavy atom. The number of hydrogen-bond acceptors (Lipinski definition) is 2. The predicted octanol–water partition coefficient (Wildman–Crippen LogP) is 3.81. The Bertz CT molecular complexity index is 581. The molecule has 0 saturated carbocycles. The average Bonchev–Trinajstić information content (AvgIpc) is 2.87. The summed E-state index contributed by atoms with van der Waals surface area (Å²) in [6.45, 7) is 2.23. The number of carboxylic acid groups (broad SMARTS) is 1. The lowest BCUT2D eigenvalue weighted by atomic mass is 9.93. The maximum atomic E-state index is 12.4. The molecule has 1 saturated heterocycles. The van der Waals surface area contributed by atoms with Crippen molar-refractivity contribution in [3.05, 3.63) is 26.8 Å². The van der Waals surface area contributed by atoms with Crippen molar-refractivity contribution in [3.63, 3.8) is 0 Å². The third-order valence-electron chi connectivity index (χ3n) is 3.89. The molecule has 5 nitrogen and oxygen atoms in total. The van der Waals surface area contributed by atoms with Crippen LogP contribution in [0.5, 0.6) is 0 Å². The standard InChI is InChI=1S/C14H16ClIN2O3/c1-2-14(12(19)20)6-3-7-18(14)13(21)17-11-5-4-9(16)8-10(11)15/h4-5,8H,2-3,6-7H2,1H3,(H,17,21)(H,19,20). The average molecular weight is 423 g/mol. The van der Waals surface area contributed by atoms with Gasteiger partial charge in [-0.1, -0.05) is 18.5 Å². The highest BCUT2D eigenvalue weighted by Crippen LogP contribution is 2.34. The van der Waals surface area contributed by atoms with Gasteiger partial charge in [0.15, 0.2) is 0 Å². The molecule has 1 aromatic rings. The molecular weight excluding hydrogens is 407 g/mol. The molecule has 21 heavy (non-hydrogen) atoms. The fourth-order valence-electron chi connectivity index (χ4n) is 2.69. The minimum atomic E-state index is -1.11. The van der Waals surface area contributed by atoms with Gasteiger partial charge in [0.2, 0.25) is 0 Å². The van der Waals surface area contributed by atoms with Crippen LogP contribution in [0.4, 0.5) is 10.5 Å². The van der Waals surface area contributed by atoms with E-state index in [4.69, 9.17) is 11.6 Å². The summed E-state index contributed by atoms with van der Waals surface area (Å²) in [5.41, 5.74) is -0.621. The van der Waals surface area contributed by atoms with Gasteiger partial charge in [0.25, 0.3) is 0 Å². The normalized spacial score (nSPS) is 21.4. The van der Waals surface area contributed by atoms with E-state index in [0.717, 1.165) is 3.57 Å². The molecule has 1 fully saturated rings. The summed E-state index contributed by atoms with van der Waals surface area (Å²) < 4.78 is 0.963. The van der Waals surface area contributed by atoms with Crippen molar-refractivity contribution in [2.45, 2.75) is 31.7 Å². The Morgan fingerprint density at radius 2 is 2.24 bits per heavy atom. The highest BCUT2D eigenvalue weighted by molar-refractivity contribution is 14.1. The summed E-state index contributed by atoms with van der Waals surface area (Å²) in [5, 5.41) is 12.6. The van der Waals surface area contributed by atoms with Crippen molar-refractivity contribution in [2.24, 2.45) is 0 Å². The Balaban J connectivity index is 2.21. The Kier molecular flexibility index (Phi) is 4.98. The molecule has 1 heterocycles. The lowest BCUT2D eigenvalue weighted by Gasteiger charge is -2.33. The quantitative estimate of drug-likeness (QED) is 0.728. The number of carboxylic acids is 1. The molecule has 2 N–H and O–H groups in total. The Morgan fingerprint density at radius 3 is 2.81 bits per heavy atom. The van der Waals surface area contributed by atoms with Crippen LogP contribution in [0.25, 0.3) is 0 Å². The van der Waals surface area contributed by atoms with Gasteiger partial charge in [-0.25, -0.2) is 9.59 Å². The van der Waals surface area contributed by atoms with E-state index in [1.165, 1.54) is 4.90 Å². The number of nitrogens with zero attached hydrogens (tertiary/aromatic N) is 1. The number of amides is 2. The number of benzene rings is 1. The maximum Gasteiger partial charge on any atom is 0.329 e. The topological polar surface area (TPSA) is 69.6 Å². The van der Waals surface area contributed by atoms with Crippen molar-refractivity contribution in [1.82, 2.24) is 4.90 Å². The van der Waals surface area contributed by atoms with Gasteiger partial charge in [0.05, 0.1) is 10.7 Å². The molecule has 7 heteroatoms. The first-order chi connectivity index (χ1) is 9.90. The molecule has 0 aromatic heterocycles. The summed E-state index contributed by atoms with van der Waals surface area (Å²) in [6.07, 6.45) is 1.55. The number of halogens is 2. The molecule has 0 radical (unpaired) electrons. The van der Waals surface area contributed by atoms with Crippen molar-refractivity contribution < 1.29 is 14.7 Å². The smallest absolute Gasteiger partial charge is 0.329 e. The molecule has 114 valence electrons. The largest absolute Gasteiger partial charge is 0.479 e. The number of urea groups is 1. The molecule has 2 amide bonds. The van der Waals surface area contributed by atoms with Crippen molar-refractivity contribution in [2.75, 3.05) is 11.9 Å². The maximum absolute atomic E-state index is 12.4. The van der Waals surface area contributed by atoms with Crippen LogP contribution in [0, 0.1) is 3.57 Å². The number of aliphatic carboxylic acids is 1.